The number of nitrogens with zero attached hydrogens (tertiary/aromatic N) is 2. The fraction of sp³-hybridized carbons (Fsp3) is 0.345. The predicted octanol–water partition coefficient (Wildman–Crippen LogP) is 5.23. The van der Waals surface area contributed by atoms with Crippen molar-refractivity contribution in [2.24, 2.45) is 0 Å². The lowest BCUT2D eigenvalue weighted by atomic mass is 9.93. The van der Waals surface area contributed by atoms with E-state index in [2.05, 4.69) is 10.3 Å². The van der Waals surface area contributed by atoms with Crippen LogP contribution >= 0.6 is 0 Å². The van der Waals surface area contributed by atoms with Crippen LogP contribution in [0.25, 0.3) is 0 Å². The van der Waals surface area contributed by atoms with E-state index in [1.165, 1.54) is 6.42 Å². The van der Waals surface area contributed by atoms with Crippen LogP contribution in [0.3, 0.4) is 0 Å². The number of ether oxygens (including phenoxy) is 1. The van der Waals surface area contributed by atoms with Gasteiger partial charge >= 0.3 is 0 Å². The lowest BCUT2D eigenvalue weighted by Gasteiger charge is -2.34. The van der Waals surface area contributed by atoms with E-state index in [1.807, 2.05) is 55.5 Å². The highest BCUT2D eigenvalue weighted by Gasteiger charge is 2.34. The Balaban J connectivity index is 1.74. The van der Waals surface area contributed by atoms with Crippen LogP contribution in [0, 0.1) is 6.92 Å². The average Bonchev–Trinajstić information content (AvgIpc) is 2.90. The Bertz CT molecular complexity index is 1130. The van der Waals surface area contributed by atoms with Crippen molar-refractivity contribution < 1.29 is 14.3 Å². The molecule has 182 valence electrons. The Labute approximate surface area is 207 Å². The van der Waals surface area contributed by atoms with E-state index in [4.69, 9.17) is 4.74 Å². The summed E-state index contributed by atoms with van der Waals surface area (Å²) in [5.41, 5.74) is 2.99. The molecule has 35 heavy (non-hydrogen) atoms. The molecule has 3 aromatic rings. The number of aryl methyl sites for hydroxylation is 1. The molecule has 1 fully saturated rings. The highest BCUT2D eigenvalue weighted by Crippen LogP contribution is 2.29. The van der Waals surface area contributed by atoms with Crippen LogP contribution in [0.15, 0.2) is 72.9 Å². The molecule has 1 N–H and O–H groups in total. The Kier molecular flexibility index (Phi) is 8.14. The summed E-state index contributed by atoms with van der Waals surface area (Å²) >= 11 is 0. The Morgan fingerprint density at radius 3 is 2.37 bits per heavy atom. The number of carbonyl (C=O) groups is 2. The number of pyridine rings is 1. The standard InChI is InChI=1S/C29H33N3O3/c1-21-10-6-7-13-25(21)27(28(33)31-23-11-4-3-5-12-23)32(29(34)26-14-8-9-19-30-26)20-22-15-17-24(35-2)18-16-22/h6-10,13-19,23,27H,3-5,11-12,20H2,1-2H3,(H,31,33)/t27-/m0/s1. The summed E-state index contributed by atoms with van der Waals surface area (Å²) in [6.45, 7) is 2.24. The second kappa shape index (κ2) is 11.6. The zero-order valence-corrected chi connectivity index (χ0v) is 20.4. The molecular formula is C29H33N3O3. The molecule has 1 aliphatic carbocycles. The zero-order chi connectivity index (χ0) is 24.6. The van der Waals surface area contributed by atoms with Gasteiger partial charge in [0.2, 0.25) is 5.91 Å². The van der Waals surface area contributed by atoms with Crippen molar-refractivity contribution in [3.63, 3.8) is 0 Å². The van der Waals surface area contributed by atoms with Crippen molar-refractivity contribution in [1.82, 2.24) is 15.2 Å². The van der Waals surface area contributed by atoms with Crippen LogP contribution in [0.4, 0.5) is 0 Å². The fourth-order valence-electron chi connectivity index (χ4n) is 4.72. The lowest BCUT2D eigenvalue weighted by Crippen LogP contribution is -2.47. The molecule has 1 atom stereocenters. The van der Waals surface area contributed by atoms with E-state index >= 15 is 0 Å². The average molecular weight is 472 g/mol. The number of aromatic nitrogens is 1. The zero-order valence-electron chi connectivity index (χ0n) is 20.4. The van der Waals surface area contributed by atoms with Crippen molar-refractivity contribution in [3.8, 4) is 5.75 Å². The SMILES string of the molecule is COc1ccc(CN(C(=O)c2ccccn2)[C@H](C(=O)NC2CCCCC2)c2ccccc2C)cc1. The van der Waals surface area contributed by atoms with Crippen LogP contribution in [-0.2, 0) is 11.3 Å². The summed E-state index contributed by atoms with van der Waals surface area (Å²) < 4.78 is 5.29. The van der Waals surface area contributed by atoms with Gasteiger partial charge in [-0.2, -0.15) is 0 Å². The van der Waals surface area contributed by atoms with Gasteiger partial charge in [-0.05, 0) is 60.7 Å². The topological polar surface area (TPSA) is 71.5 Å². The molecule has 4 rings (SSSR count). The third-order valence-electron chi connectivity index (χ3n) is 6.65. The summed E-state index contributed by atoms with van der Waals surface area (Å²) in [5, 5.41) is 3.26. The minimum atomic E-state index is -0.783. The monoisotopic (exact) mass is 471 g/mol. The summed E-state index contributed by atoms with van der Waals surface area (Å²) in [7, 11) is 1.62. The second-order valence-corrected chi connectivity index (χ2v) is 9.10. The number of hydrogen-bond acceptors (Lipinski definition) is 4. The van der Waals surface area contributed by atoms with Gasteiger partial charge in [-0.1, -0.05) is 61.7 Å². The van der Waals surface area contributed by atoms with Crippen LogP contribution in [0.1, 0.15) is 65.3 Å². The van der Waals surface area contributed by atoms with Crippen LogP contribution in [0.2, 0.25) is 0 Å². The van der Waals surface area contributed by atoms with Gasteiger partial charge in [0.25, 0.3) is 5.91 Å². The Morgan fingerprint density at radius 2 is 1.71 bits per heavy atom. The van der Waals surface area contributed by atoms with Gasteiger partial charge in [-0.15, -0.1) is 0 Å². The smallest absolute Gasteiger partial charge is 0.273 e. The largest absolute Gasteiger partial charge is 0.497 e. The van der Waals surface area contributed by atoms with Crippen molar-refractivity contribution in [2.75, 3.05) is 7.11 Å². The number of methoxy groups -OCH3 is 1. The normalized spacial score (nSPS) is 14.7. The quantitative estimate of drug-likeness (QED) is 0.488. The van der Waals surface area contributed by atoms with Crippen molar-refractivity contribution >= 4 is 11.8 Å². The third kappa shape index (κ3) is 6.07. The molecule has 0 aliphatic heterocycles. The fourth-order valence-corrected chi connectivity index (χ4v) is 4.72. The number of nitrogens with one attached hydrogen (secondary N) is 1. The molecule has 2 amide bonds. The van der Waals surface area contributed by atoms with Crippen molar-refractivity contribution in [2.45, 2.75) is 57.7 Å². The molecule has 2 aromatic carbocycles. The van der Waals surface area contributed by atoms with Gasteiger partial charge in [-0.25, -0.2) is 0 Å². The molecule has 1 heterocycles. The van der Waals surface area contributed by atoms with E-state index in [1.54, 1.807) is 36.4 Å². The first-order valence-electron chi connectivity index (χ1n) is 12.3. The number of carbonyl (C=O) groups excluding carboxylic acids is 2. The van der Waals surface area contributed by atoms with Crippen LogP contribution in [0.5, 0.6) is 5.75 Å². The van der Waals surface area contributed by atoms with Crippen molar-refractivity contribution in [3.05, 3.63) is 95.3 Å². The minimum absolute atomic E-state index is 0.135. The molecule has 0 bridgehead atoms. The lowest BCUT2D eigenvalue weighted by molar-refractivity contribution is -0.127. The molecular weight excluding hydrogens is 438 g/mol. The maximum Gasteiger partial charge on any atom is 0.273 e. The second-order valence-electron chi connectivity index (χ2n) is 9.10. The predicted molar refractivity (Wildman–Crippen MR) is 136 cm³/mol. The first-order chi connectivity index (χ1) is 17.1. The van der Waals surface area contributed by atoms with E-state index < -0.39 is 6.04 Å². The number of amides is 2. The maximum absolute atomic E-state index is 13.9. The number of benzene rings is 2. The van der Waals surface area contributed by atoms with E-state index in [-0.39, 0.29) is 24.4 Å². The molecule has 1 saturated carbocycles. The van der Waals surface area contributed by atoms with E-state index in [9.17, 15) is 9.59 Å². The van der Waals surface area contributed by atoms with E-state index in [0.29, 0.717) is 5.69 Å². The van der Waals surface area contributed by atoms with Gasteiger partial charge in [0, 0.05) is 18.8 Å². The first kappa shape index (κ1) is 24.5. The summed E-state index contributed by atoms with van der Waals surface area (Å²) in [4.78, 5) is 33.7. The van der Waals surface area contributed by atoms with Gasteiger partial charge in [-0.3, -0.25) is 14.6 Å². The molecule has 1 aromatic heterocycles. The molecule has 6 nitrogen and oxygen atoms in total. The molecule has 0 spiro atoms. The molecule has 0 saturated heterocycles. The summed E-state index contributed by atoms with van der Waals surface area (Å²) in [5.74, 6) is 0.305. The molecule has 0 radical (unpaired) electrons. The Morgan fingerprint density at radius 1 is 1.00 bits per heavy atom. The van der Waals surface area contributed by atoms with Crippen LogP contribution < -0.4 is 10.1 Å². The van der Waals surface area contributed by atoms with E-state index in [0.717, 1.165) is 48.1 Å². The molecule has 1 aliphatic rings. The number of hydrogen-bond donors (Lipinski definition) is 1. The first-order valence-corrected chi connectivity index (χ1v) is 12.3. The summed E-state index contributed by atoms with van der Waals surface area (Å²) in [6, 6.07) is 20.0. The van der Waals surface area contributed by atoms with Crippen molar-refractivity contribution in [1.29, 1.82) is 0 Å². The van der Waals surface area contributed by atoms with Gasteiger partial charge in [0.05, 0.1) is 7.11 Å². The highest BCUT2D eigenvalue weighted by molar-refractivity contribution is 5.96. The summed E-state index contributed by atoms with van der Waals surface area (Å²) in [6.07, 6.45) is 6.97. The third-order valence-corrected chi connectivity index (χ3v) is 6.65. The van der Waals surface area contributed by atoms with Gasteiger partial charge in [0.1, 0.15) is 17.5 Å². The van der Waals surface area contributed by atoms with Gasteiger partial charge in [0.15, 0.2) is 0 Å². The van der Waals surface area contributed by atoms with Gasteiger partial charge < -0.3 is 15.0 Å². The molecule has 6 heteroatoms. The van der Waals surface area contributed by atoms with Crippen LogP contribution in [-0.4, -0.2) is 34.8 Å². The number of rotatable bonds is 8. The Hall–Kier alpha value is -3.67. The highest BCUT2D eigenvalue weighted by atomic mass is 16.5. The molecule has 0 unspecified atom stereocenters. The minimum Gasteiger partial charge on any atom is -0.497 e. The maximum atomic E-state index is 13.9.